The maximum Gasteiger partial charge on any atom is 0.270 e. The Hall–Kier alpha value is -1.58. The van der Waals surface area contributed by atoms with Gasteiger partial charge in [0.2, 0.25) is 0 Å². The summed E-state index contributed by atoms with van der Waals surface area (Å²) in [5.74, 6) is -0.0575. The van der Waals surface area contributed by atoms with E-state index < -0.39 is 0 Å². The first-order valence-corrected chi connectivity index (χ1v) is 8.01. The Morgan fingerprint density at radius 2 is 2.29 bits per heavy atom. The molecule has 21 heavy (non-hydrogen) atoms. The van der Waals surface area contributed by atoms with Crippen LogP contribution in [0.5, 0.6) is 0 Å². The minimum absolute atomic E-state index is 0.0575. The molecule has 1 atom stereocenters. The van der Waals surface area contributed by atoms with Crippen LogP contribution in [-0.4, -0.2) is 23.5 Å². The van der Waals surface area contributed by atoms with Gasteiger partial charge in [-0.1, -0.05) is 27.2 Å². The van der Waals surface area contributed by atoms with Crippen molar-refractivity contribution in [3.8, 4) is 0 Å². The third kappa shape index (κ3) is 4.73. The Kier molecular flexibility index (Phi) is 5.21. The zero-order valence-corrected chi connectivity index (χ0v) is 13.4. The van der Waals surface area contributed by atoms with Gasteiger partial charge in [0, 0.05) is 24.5 Å². The molecule has 1 heterocycles. The molecule has 1 aliphatic rings. The van der Waals surface area contributed by atoms with Crippen molar-refractivity contribution in [2.75, 3.05) is 11.9 Å². The predicted octanol–water partition coefficient (Wildman–Crippen LogP) is 3.60. The standard InChI is InChI=1S/C17H27N3O/c1-4-9-18-13-7-10-19-15(11-13)16(21)20-14-6-5-8-17(2,3)12-14/h7,10-11,14H,4-6,8-9,12H2,1-3H3,(H,18,19)(H,20,21). The molecule has 1 aromatic rings. The SMILES string of the molecule is CCCNc1ccnc(C(=O)NC2CCCC(C)(C)C2)c1. The Morgan fingerprint density at radius 3 is 3.00 bits per heavy atom. The normalized spacial score (nSPS) is 20.8. The second-order valence-electron chi connectivity index (χ2n) is 6.79. The number of nitrogens with zero attached hydrogens (tertiary/aromatic N) is 1. The summed E-state index contributed by atoms with van der Waals surface area (Å²) in [4.78, 5) is 16.5. The van der Waals surface area contributed by atoms with E-state index in [4.69, 9.17) is 0 Å². The number of carbonyl (C=O) groups is 1. The van der Waals surface area contributed by atoms with E-state index in [1.165, 1.54) is 12.8 Å². The van der Waals surface area contributed by atoms with Crippen LogP contribution in [0, 0.1) is 5.41 Å². The van der Waals surface area contributed by atoms with Gasteiger partial charge in [0.1, 0.15) is 5.69 Å². The molecule has 1 amide bonds. The first kappa shape index (κ1) is 15.8. The van der Waals surface area contributed by atoms with Crippen molar-refractivity contribution in [3.05, 3.63) is 24.0 Å². The van der Waals surface area contributed by atoms with E-state index in [0.717, 1.165) is 31.5 Å². The van der Waals surface area contributed by atoms with Crippen molar-refractivity contribution in [2.45, 2.75) is 58.9 Å². The smallest absolute Gasteiger partial charge is 0.270 e. The second-order valence-corrected chi connectivity index (χ2v) is 6.79. The van der Waals surface area contributed by atoms with Crippen molar-refractivity contribution >= 4 is 11.6 Å². The van der Waals surface area contributed by atoms with E-state index >= 15 is 0 Å². The van der Waals surface area contributed by atoms with Crippen molar-refractivity contribution in [1.82, 2.24) is 10.3 Å². The molecular formula is C17H27N3O. The van der Waals surface area contributed by atoms with E-state index in [0.29, 0.717) is 11.1 Å². The lowest BCUT2D eigenvalue weighted by Crippen LogP contribution is -2.40. The van der Waals surface area contributed by atoms with E-state index in [2.05, 4.69) is 36.4 Å². The molecule has 2 rings (SSSR count). The molecule has 0 radical (unpaired) electrons. The van der Waals surface area contributed by atoms with E-state index in [-0.39, 0.29) is 11.9 Å². The second kappa shape index (κ2) is 6.92. The number of anilines is 1. The number of carbonyl (C=O) groups excluding carboxylic acids is 1. The number of aromatic nitrogens is 1. The molecule has 1 fully saturated rings. The van der Waals surface area contributed by atoms with Gasteiger partial charge in [-0.15, -0.1) is 0 Å². The Morgan fingerprint density at radius 1 is 1.48 bits per heavy atom. The zero-order chi connectivity index (χ0) is 15.3. The highest BCUT2D eigenvalue weighted by Crippen LogP contribution is 2.35. The number of amides is 1. The van der Waals surface area contributed by atoms with Crippen LogP contribution < -0.4 is 10.6 Å². The summed E-state index contributed by atoms with van der Waals surface area (Å²) in [5.41, 5.74) is 1.79. The largest absolute Gasteiger partial charge is 0.385 e. The fourth-order valence-corrected chi connectivity index (χ4v) is 3.01. The summed E-state index contributed by atoms with van der Waals surface area (Å²) in [6.45, 7) is 7.58. The minimum atomic E-state index is -0.0575. The van der Waals surface area contributed by atoms with Crippen LogP contribution in [0.4, 0.5) is 5.69 Å². The van der Waals surface area contributed by atoms with Crippen LogP contribution in [0.25, 0.3) is 0 Å². The molecular weight excluding hydrogens is 262 g/mol. The molecule has 1 aliphatic carbocycles. The number of rotatable bonds is 5. The van der Waals surface area contributed by atoms with Gasteiger partial charge < -0.3 is 10.6 Å². The number of pyridine rings is 1. The van der Waals surface area contributed by atoms with Crippen molar-refractivity contribution in [3.63, 3.8) is 0 Å². The molecule has 0 aromatic carbocycles. The summed E-state index contributed by atoms with van der Waals surface area (Å²) >= 11 is 0. The molecule has 0 spiro atoms. The summed E-state index contributed by atoms with van der Waals surface area (Å²) in [6, 6.07) is 4.00. The quantitative estimate of drug-likeness (QED) is 0.870. The first-order chi connectivity index (χ1) is 10.00. The van der Waals surface area contributed by atoms with Gasteiger partial charge in [-0.2, -0.15) is 0 Å². The lowest BCUT2D eigenvalue weighted by Gasteiger charge is -2.35. The molecule has 4 heteroatoms. The van der Waals surface area contributed by atoms with Crippen molar-refractivity contribution < 1.29 is 4.79 Å². The molecule has 1 saturated carbocycles. The summed E-state index contributed by atoms with van der Waals surface area (Å²) in [6.07, 6.45) is 7.30. The molecule has 1 aromatic heterocycles. The minimum Gasteiger partial charge on any atom is -0.385 e. The van der Waals surface area contributed by atoms with Gasteiger partial charge in [-0.05, 0) is 43.2 Å². The third-order valence-corrected chi connectivity index (χ3v) is 4.11. The van der Waals surface area contributed by atoms with Crippen LogP contribution in [0.2, 0.25) is 0 Å². The van der Waals surface area contributed by atoms with Gasteiger partial charge in [0.15, 0.2) is 0 Å². The average molecular weight is 289 g/mol. The van der Waals surface area contributed by atoms with Crippen molar-refractivity contribution in [2.24, 2.45) is 5.41 Å². The van der Waals surface area contributed by atoms with E-state index in [1.807, 2.05) is 12.1 Å². The molecule has 0 saturated heterocycles. The molecule has 116 valence electrons. The first-order valence-electron chi connectivity index (χ1n) is 8.01. The van der Waals surface area contributed by atoms with Gasteiger partial charge in [0.05, 0.1) is 0 Å². The number of hydrogen-bond acceptors (Lipinski definition) is 3. The van der Waals surface area contributed by atoms with Crippen LogP contribution in [-0.2, 0) is 0 Å². The van der Waals surface area contributed by atoms with Gasteiger partial charge in [-0.25, -0.2) is 0 Å². The van der Waals surface area contributed by atoms with Gasteiger partial charge in [-0.3, -0.25) is 9.78 Å². The molecule has 4 nitrogen and oxygen atoms in total. The summed E-state index contributed by atoms with van der Waals surface area (Å²) in [5, 5.41) is 6.43. The fraction of sp³-hybridized carbons (Fsp3) is 0.647. The highest BCUT2D eigenvalue weighted by molar-refractivity contribution is 5.93. The van der Waals surface area contributed by atoms with Crippen molar-refractivity contribution in [1.29, 1.82) is 0 Å². The van der Waals surface area contributed by atoms with Crippen LogP contribution in [0.1, 0.15) is 63.4 Å². The van der Waals surface area contributed by atoms with Gasteiger partial charge >= 0.3 is 0 Å². The van der Waals surface area contributed by atoms with Crippen LogP contribution >= 0.6 is 0 Å². The Bertz CT molecular complexity index is 485. The molecule has 0 aliphatic heterocycles. The predicted molar refractivity (Wildman–Crippen MR) is 86.5 cm³/mol. The number of hydrogen-bond donors (Lipinski definition) is 2. The molecule has 1 unspecified atom stereocenters. The summed E-state index contributed by atoms with van der Waals surface area (Å²) in [7, 11) is 0. The van der Waals surface area contributed by atoms with Crippen LogP contribution in [0.3, 0.4) is 0 Å². The number of nitrogens with one attached hydrogen (secondary N) is 2. The zero-order valence-electron chi connectivity index (χ0n) is 13.4. The highest BCUT2D eigenvalue weighted by atomic mass is 16.1. The molecule has 0 bridgehead atoms. The Labute approximate surface area is 127 Å². The lowest BCUT2D eigenvalue weighted by molar-refractivity contribution is 0.0897. The highest BCUT2D eigenvalue weighted by Gasteiger charge is 2.29. The molecule has 2 N–H and O–H groups in total. The maximum atomic E-state index is 12.3. The monoisotopic (exact) mass is 289 g/mol. The summed E-state index contributed by atoms with van der Waals surface area (Å²) < 4.78 is 0. The Balaban J connectivity index is 1.96. The van der Waals surface area contributed by atoms with Crippen LogP contribution in [0.15, 0.2) is 18.3 Å². The lowest BCUT2D eigenvalue weighted by atomic mass is 9.75. The van der Waals surface area contributed by atoms with E-state index in [9.17, 15) is 4.79 Å². The fourth-order valence-electron chi connectivity index (χ4n) is 3.01. The average Bonchev–Trinajstić information content (AvgIpc) is 2.44. The topological polar surface area (TPSA) is 54.0 Å². The van der Waals surface area contributed by atoms with E-state index in [1.54, 1.807) is 6.20 Å². The third-order valence-electron chi connectivity index (χ3n) is 4.11. The maximum absolute atomic E-state index is 12.3. The van der Waals surface area contributed by atoms with Gasteiger partial charge in [0.25, 0.3) is 5.91 Å².